The average Bonchev–Trinajstić information content (AvgIpc) is 2.95. The normalized spacial score (nSPS) is 24.0. The van der Waals surface area contributed by atoms with Crippen LogP contribution < -0.4 is 14.9 Å². The lowest BCUT2D eigenvalue weighted by Gasteiger charge is -2.57. The number of carbonyl (C=O) groups excluding carboxylic acids is 1. The molecule has 0 aliphatic heterocycles. The molecule has 0 unspecified atom stereocenters. The predicted octanol–water partition coefficient (Wildman–Crippen LogP) is 6.21. The third-order valence-corrected chi connectivity index (χ3v) is 10.8. The first-order chi connectivity index (χ1) is 20.4. The molecule has 0 atom stereocenters. The van der Waals surface area contributed by atoms with E-state index in [0.717, 1.165) is 54.2 Å². The van der Waals surface area contributed by atoms with Gasteiger partial charge in [-0.15, -0.1) is 0 Å². The van der Waals surface area contributed by atoms with Gasteiger partial charge < -0.3 is 10.2 Å². The summed E-state index contributed by atoms with van der Waals surface area (Å²) in [5.41, 5.74) is 2.27. The minimum atomic E-state index is -4.40. The van der Waals surface area contributed by atoms with Crippen molar-refractivity contribution in [3.63, 3.8) is 0 Å². The van der Waals surface area contributed by atoms with Crippen LogP contribution in [-0.4, -0.2) is 39.9 Å². The van der Waals surface area contributed by atoms with Crippen molar-refractivity contribution in [2.75, 3.05) is 30.9 Å². The quantitative estimate of drug-likeness (QED) is 0.219. The minimum Gasteiger partial charge on any atom is -0.379 e. The van der Waals surface area contributed by atoms with Crippen LogP contribution in [0.4, 0.5) is 21.5 Å². The zero-order valence-corrected chi connectivity index (χ0v) is 25.0. The lowest BCUT2D eigenvalue weighted by molar-refractivity contribution is -0.384. The zero-order valence-electron chi connectivity index (χ0n) is 24.2. The van der Waals surface area contributed by atoms with Crippen molar-refractivity contribution in [1.82, 2.24) is 4.72 Å². The van der Waals surface area contributed by atoms with E-state index >= 15 is 0 Å². The molecule has 4 bridgehead atoms. The molecule has 11 heteroatoms. The van der Waals surface area contributed by atoms with E-state index in [2.05, 4.69) is 5.32 Å². The van der Waals surface area contributed by atoms with Gasteiger partial charge in [0.1, 0.15) is 11.5 Å². The third-order valence-electron chi connectivity index (χ3n) is 9.42. The highest BCUT2D eigenvalue weighted by molar-refractivity contribution is 7.90. The molecular formula is C32H35FN4O5S. The number of rotatable bonds is 9. The second kappa shape index (κ2) is 10.9. The standard InChI is InChI=1S/C32H35FN4O5S/c1-36(2)29-14-25(33)7-9-27(29)23-3-5-24(6-4-23)31(38)35-43(41,42)26-8-10-28(30(15-26)37(39)40)34-19-32-16-20-11-21(17-32)13-22(12-20)18-32/h3-10,14-15,20-22,34H,11-13,16-19H2,1-2H3,(H,35,38). The van der Waals surface area contributed by atoms with Crippen molar-refractivity contribution >= 4 is 33.0 Å². The molecule has 0 radical (unpaired) electrons. The van der Waals surface area contributed by atoms with Crippen molar-refractivity contribution in [1.29, 1.82) is 0 Å². The van der Waals surface area contributed by atoms with Crippen LogP contribution in [0.15, 0.2) is 65.6 Å². The Bertz CT molecular complexity index is 1650. The van der Waals surface area contributed by atoms with Gasteiger partial charge in [0.2, 0.25) is 0 Å². The molecule has 1 amide bonds. The highest BCUT2D eigenvalue weighted by atomic mass is 32.2. The number of amides is 1. The number of anilines is 2. The Balaban J connectivity index is 1.16. The van der Waals surface area contributed by atoms with E-state index < -0.39 is 20.9 Å². The molecule has 0 saturated heterocycles. The molecule has 3 aromatic carbocycles. The molecule has 7 rings (SSSR count). The number of carbonyl (C=O) groups is 1. The van der Waals surface area contributed by atoms with Crippen LogP contribution in [0, 0.1) is 39.1 Å². The first-order valence-corrected chi connectivity index (χ1v) is 16.1. The smallest absolute Gasteiger partial charge is 0.293 e. The molecule has 4 aliphatic rings. The molecule has 2 N–H and O–H groups in total. The summed E-state index contributed by atoms with van der Waals surface area (Å²) in [5.74, 6) is 0.988. The number of nitro groups is 1. The Kier molecular flexibility index (Phi) is 7.40. The fourth-order valence-corrected chi connectivity index (χ4v) is 8.92. The number of benzene rings is 3. The van der Waals surface area contributed by atoms with Gasteiger partial charge in [-0.05, 0) is 110 Å². The van der Waals surface area contributed by atoms with Gasteiger partial charge in [0.05, 0.1) is 9.82 Å². The van der Waals surface area contributed by atoms with Gasteiger partial charge in [-0.1, -0.05) is 12.1 Å². The summed E-state index contributed by atoms with van der Waals surface area (Å²) >= 11 is 0. The van der Waals surface area contributed by atoms with Crippen LogP contribution in [0.1, 0.15) is 48.9 Å². The Morgan fingerprint density at radius 3 is 2.19 bits per heavy atom. The fourth-order valence-electron chi connectivity index (χ4n) is 7.93. The van der Waals surface area contributed by atoms with Crippen molar-refractivity contribution < 1.29 is 22.5 Å². The third kappa shape index (κ3) is 5.82. The van der Waals surface area contributed by atoms with Crippen LogP contribution >= 0.6 is 0 Å². The molecule has 9 nitrogen and oxygen atoms in total. The van der Waals surface area contributed by atoms with E-state index in [1.165, 1.54) is 55.7 Å². The van der Waals surface area contributed by atoms with Crippen LogP contribution in [0.5, 0.6) is 0 Å². The van der Waals surface area contributed by atoms with Gasteiger partial charge in [-0.3, -0.25) is 14.9 Å². The molecule has 0 aromatic heterocycles. The van der Waals surface area contributed by atoms with E-state index in [9.17, 15) is 27.7 Å². The number of sulfonamides is 1. The molecule has 226 valence electrons. The van der Waals surface area contributed by atoms with E-state index in [0.29, 0.717) is 12.2 Å². The Morgan fingerprint density at radius 1 is 0.977 bits per heavy atom. The van der Waals surface area contributed by atoms with Crippen molar-refractivity contribution in [2.24, 2.45) is 23.2 Å². The molecule has 4 saturated carbocycles. The topological polar surface area (TPSA) is 122 Å². The zero-order chi connectivity index (χ0) is 30.5. The molecule has 0 spiro atoms. The number of nitrogens with one attached hydrogen (secondary N) is 2. The summed E-state index contributed by atoms with van der Waals surface area (Å²) in [7, 11) is -0.812. The number of hydrogen-bond acceptors (Lipinski definition) is 7. The maximum Gasteiger partial charge on any atom is 0.293 e. The van der Waals surface area contributed by atoms with Crippen molar-refractivity contribution in [3.8, 4) is 11.1 Å². The Labute approximate surface area is 250 Å². The summed E-state index contributed by atoms with van der Waals surface area (Å²) in [6.45, 7) is 0.629. The second-order valence-electron chi connectivity index (χ2n) is 12.8. The maximum atomic E-state index is 13.8. The summed E-state index contributed by atoms with van der Waals surface area (Å²) in [5, 5.41) is 15.2. The molecule has 3 aromatic rings. The Hall–Kier alpha value is -3.99. The number of nitrogens with zero attached hydrogens (tertiary/aromatic N) is 2. The van der Waals surface area contributed by atoms with Gasteiger partial charge in [0, 0.05) is 43.5 Å². The van der Waals surface area contributed by atoms with Crippen LogP contribution in [0.3, 0.4) is 0 Å². The molecule has 4 fully saturated rings. The first kappa shape index (κ1) is 29.1. The monoisotopic (exact) mass is 606 g/mol. The summed E-state index contributed by atoms with van der Waals surface area (Å²) in [6, 6.07) is 14.3. The maximum absolute atomic E-state index is 13.8. The summed E-state index contributed by atoms with van der Waals surface area (Å²) in [6.07, 6.45) is 7.31. The molecule has 0 heterocycles. The highest BCUT2D eigenvalue weighted by Crippen LogP contribution is 2.60. The lowest BCUT2D eigenvalue weighted by Crippen LogP contribution is -2.49. The predicted molar refractivity (Wildman–Crippen MR) is 163 cm³/mol. The van der Waals surface area contributed by atoms with E-state index in [1.807, 2.05) is 4.72 Å². The van der Waals surface area contributed by atoms with Crippen molar-refractivity contribution in [2.45, 2.75) is 43.4 Å². The van der Waals surface area contributed by atoms with Crippen LogP contribution in [-0.2, 0) is 10.0 Å². The SMILES string of the molecule is CN(C)c1cc(F)ccc1-c1ccc(C(=O)NS(=O)(=O)c2ccc(NCC34CC5CC(CC(C5)C3)C4)c([N+](=O)[O-])c2)cc1. The van der Waals surface area contributed by atoms with E-state index in [4.69, 9.17) is 0 Å². The number of nitro benzene ring substituents is 1. The van der Waals surface area contributed by atoms with Gasteiger partial charge in [-0.2, -0.15) is 0 Å². The molecular weight excluding hydrogens is 571 g/mol. The second-order valence-corrected chi connectivity index (χ2v) is 14.5. The highest BCUT2D eigenvalue weighted by Gasteiger charge is 2.50. The first-order valence-electron chi connectivity index (χ1n) is 14.6. The molecule has 43 heavy (non-hydrogen) atoms. The largest absolute Gasteiger partial charge is 0.379 e. The Morgan fingerprint density at radius 2 is 1.60 bits per heavy atom. The van der Waals surface area contributed by atoms with Crippen molar-refractivity contribution in [3.05, 3.63) is 82.2 Å². The van der Waals surface area contributed by atoms with Gasteiger partial charge >= 0.3 is 0 Å². The fraction of sp³-hybridized carbons (Fsp3) is 0.406. The van der Waals surface area contributed by atoms with Gasteiger partial charge in [0.25, 0.3) is 21.6 Å². The summed E-state index contributed by atoms with van der Waals surface area (Å²) < 4.78 is 42.0. The van der Waals surface area contributed by atoms with E-state index in [-0.39, 0.29) is 33.1 Å². The average molecular weight is 607 g/mol. The van der Waals surface area contributed by atoms with Gasteiger partial charge in [0.15, 0.2) is 0 Å². The minimum absolute atomic E-state index is 0.0872. The molecule has 4 aliphatic carbocycles. The van der Waals surface area contributed by atoms with Gasteiger partial charge in [-0.25, -0.2) is 17.5 Å². The van der Waals surface area contributed by atoms with Crippen LogP contribution in [0.25, 0.3) is 11.1 Å². The number of halogens is 1. The number of hydrogen-bond donors (Lipinski definition) is 2. The summed E-state index contributed by atoms with van der Waals surface area (Å²) in [4.78, 5) is 25.7. The van der Waals surface area contributed by atoms with E-state index in [1.54, 1.807) is 37.2 Å². The lowest BCUT2D eigenvalue weighted by atomic mass is 9.49. The van der Waals surface area contributed by atoms with Crippen LogP contribution in [0.2, 0.25) is 0 Å².